The van der Waals surface area contributed by atoms with Gasteiger partial charge in [0.25, 0.3) is 0 Å². The molecule has 3 aromatic heterocycles. The number of nitrogens with one attached hydrogen (secondary N) is 1. The molecule has 0 atom stereocenters. The molecule has 22 heavy (non-hydrogen) atoms. The first-order chi connectivity index (χ1) is 10.8. The highest BCUT2D eigenvalue weighted by Gasteiger charge is 2.13. The van der Waals surface area contributed by atoms with E-state index in [1.54, 1.807) is 6.20 Å². The normalized spacial score (nSPS) is 13.7. The number of hydrogen-bond acceptors (Lipinski definition) is 2. The van der Waals surface area contributed by atoms with E-state index in [9.17, 15) is 0 Å². The number of fused-ring (bicyclic) bond motifs is 5. The Kier molecular flexibility index (Phi) is 2.66. The SMILES string of the molecule is C=N/C=c1/[nH]c2c(ccc3c2c2ccncc2n3C)/c1=C/C. The first-order valence-electron chi connectivity index (χ1n) is 7.21. The quantitative estimate of drug-likeness (QED) is 0.537. The fraction of sp³-hybridized carbons (Fsp3) is 0.111. The van der Waals surface area contributed by atoms with E-state index >= 15 is 0 Å². The van der Waals surface area contributed by atoms with E-state index < -0.39 is 0 Å². The van der Waals surface area contributed by atoms with Gasteiger partial charge in [-0.25, -0.2) is 0 Å². The number of benzene rings is 1. The number of aromatic nitrogens is 3. The highest BCUT2D eigenvalue weighted by atomic mass is 14.9. The van der Waals surface area contributed by atoms with Crippen LogP contribution in [0.3, 0.4) is 0 Å². The maximum atomic E-state index is 4.25. The molecule has 4 rings (SSSR count). The van der Waals surface area contributed by atoms with Crippen LogP contribution in [-0.2, 0) is 7.05 Å². The van der Waals surface area contributed by atoms with Gasteiger partial charge in [0, 0.05) is 34.6 Å². The Morgan fingerprint density at radius 1 is 1.23 bits per heavy atom. The Morgan fingerprint density at radius 3 is 2.86 bits per heavy atom. The molecule has 0 unspecified atom stereocenters. The highest BCUT2D eigenvalue weighted by Crippen LogP contribution is 2.31. The molecule has 4 aromatic rings. The summed E-state index contributed by atoms with van der Waals surface area (Å²) in [5.41, 5.74) is 3.46. The van der Waals surface area contributed by atoms with E-state index in [1.807, 2.05) is 19.3 Å². The van der Waals surface area contributed by atoms with Gasteiger partial charge in [0.2, 0.25) is 0 Å². The van der Waals surface area contributed by atoms with Gasteiger partial charge in [-0.15, -0.1) is 0 Å². The van der Waals surface area contributed by atoms with E-state index in [-0.39, 0.29) is 0 Å². The van der Waals surface area contributed by atoms with Crippen molar-refractivity contribution in [2.75, 3.05) is 0 Å². The van der Waals surface area contributed by atoms with Crippen LogP contribution >= 0.6 is 0 Å². The van der Waals surface area contributed by atoms with Crippen LogP contribution in [-0.4, -0.2) is 21.3 Å². The fourth-order valence-corrected chi connectivity index (χ4v) is 3.34. The lowest BCUT2D eigenvalue weighted by Crippen LogP contribution is -2.21. The van der Waals surface area contributed by atoms with Gasteiger partial charge in [-0.2, -0.15) is 0 Å². The Hall–Kier alpha value is -2.88. The molecule has 0 radical (unpaired) electrons. The van der Waals surface area contributed by atoms with Gasteiger partial charge in [-0.1, -0.05) is 12.1 Å². The summed E-state index contributed by atoms with van der Waals surface area (Å²) in [6.07, 6.45) is 7.63. The smallest absolute Gasteiger partial charge is 0.0675 e. The zero-order valence-corrected chi connectivity index (χ0v) is 12.6. The van der Waals surface area contributed by atoms with Crippen molar-refractivity contribution < 1.29 is 0 Å². The minimum Gasteiger partial charge on any atom is -0.353 e. The van der Waals surface area contributed by atoms with Crippen molar-refractivity contribution in [1.29, 1.82) is 0 Å². The van der Waals surface area contributed by atoms with Crippen LogP contribution in [0.5, 0.6) is 0 Å². The van der Waals surface area contributed by atoms with Crippen molar-refractivity contribution in [2.45, 2.75) is 6.92 Å². The van der Waals surface area contributed by atoms with Crippen LogP contribution in [0.4, 0.5) is 0 Å². The lowest BCUT2D eigenvalue weighted by molar-refractivity contribution is 1.01. The third kappa shape index (κ3) is 1.52. The summed E-state index contributed by atoms with van der Waals surface area (Å²) in [6.45, 7) is 5.61. The van der Waals surface area contributed by atoms with Gasteiger partial charge < -0.3 is 9.55 Å². The van der Waals surface area contributed by atoms with Crippen LogP contribution < -0.4 is 10.6 Å². The Bertz CT molecular complexity index is 1160. The van der Waals surface area contributed by atoms with E-state index in [0.717, 1.165) is 21.6 Å². The lowest BCUT2D eigenvalue weighted by Gasteiger charge is -1.97. The summed E-state index contributed by atoms with van der Waals surface area (Å²) in [5, 5.41) is 5.79. The van der Waals surface area contributed by atoms with E-state index in [0.29, 0.717) is 0 Å². The van der Waals surface area contributed by atoms with Crippen molar-refractivity contribution in [3.63, 3.8) is 0 Å². The van der Waals surface area contributed by atoms with Gasteiger partial charge in [-0.3, -0.25) is 9.98 Å². The predicted molar refractivity (Wildman–Crippen MR) is 93.5 cm³/mol. The molecular weight excluding hydrogens is 272 g/mol. The van der Waals surface area contributed by atoms with E-state index in [1.165, 1.54) is 21.7 Å². The number of hydrogen-bond donors (Lipinski definition) is 1. The molecule has 0 spiro atoms. The summed E-state index contributed by atoms with van der Waals surface area (Å²) in [5.74, 6) is 0. The molecular formula is C18H16N4. The Balaban J connectivity index is 2.38. The number of pyridine rings is 1. The highest BCUT2D eigenvalue weighted by molar-refractivity contribution is 6.19. The summed E-state index contributed by atoms with van der Waals surface area (Å²) >= 11 is 0. The first kappa shape index (κ1) is 12.8. The topological polar surface area (TPSA) is 46.0 Å². The minimum atomic E-state index is 0.992. The van der Waals surface area contributed by atoms with Crippen LogP contribution in [0.2, 0.25) is 0 Å². The molecule has 0 saturated heterocycles. The molecule has 0 aliphatic rings. The number of rotatable bonds is 1. The standard InChI is InChI=1S/C18H16N4/c1-4-11-12-5-6-15-17(18(12)21-14(11)9-19-2)13-7-8-20-10-16(13)22(15)3/h4-10,21H,2H2,1,3H3/b11-4-,14-9+. The second-order valence-electron chi connectivity index (χ2n) is 5.39. The molecule has 1 N–H and O–H groups in total. The largest absolute Gasteiger partial charge is 0.353 e. The maximum absolute atomic E-state index is 4.25. The average molecular weight is 288 g/mol. The zero-order valence-electron chi connectivity index (χ0n) is 12.6. The third-order valence-corrected chi connectivity index (χ3v) is 4.32. The number of nitrogens with zero attached hydrogens (tertiary/aromatic N) is 3. The maximum Gasteiger partial charge on any atom is 0.0675 e. The molecule has 1 aromatic carbocycles. The van der Waals surface area contributed by atoms with Gasteiger partial charge in [0.15, 0.2) is 0 Å². The first-order valence-corrected chi connectivity index (χ1v) is 7.21. The molecule has 0 fully saturated rings. The lowest BCUT2D eigenvalue weighted by atomic mass is 10.1. The van der Waals surface area contributed by atoms with Crippen LogP contribution in [0.25, 0.3) is 45.0 Å². The molecule has 0 amide bonds. The predicted octanol–water partition coefficient (Wildman–Crippen LogP) is 2.45. The second kappa shape index (κ2) is 4.56. The van der Waals surface area contributed by atoms with Crippen molar-refractivity contribution in [3.05, 3.63) is 41.2 Å². The van der Waals surface area contributed by atoms with Crippen LogP contribution in [0.1, 0.15) is 6.92 Å². The van der Waals surface area contributed by atoms with Crippen molar-refractivity contribution in [2.24, 2.45) is 12.0 Å². The van der Waals surface area contributed by atoms with Crippen molar-refractivity contribution >= 4 is 51.7 Å². The third-order valence-electron chi connectivity index (χ3n) is 4.32. The Morgan fingerprint density at radius 2 is 2.09 bits per heavy atom. The summed E-state index contributed by atoms with van der Waals surface area (Å²) < 4.78 is 2.18. The zero-order chi connectivity index (χ0) is 15.3. The molecule has 0 aliphatic carbocycles. The number of aryl methyl sites for hydroxylation is 1. The monoisotopic (exact) mass is 288 g/mol. The number of aromatic amines is 1. The molecule has 108 valence electrons. The van der Waals surface area contributed by atoms with Crippen molar-refractivity contribution in [3.8, 4) is 0 Å². The van der Waals surface area contributed by atoms with Gasteiger partial charge in [0.1, 0.15) is 0 Å². The fourth-order valence-electron chi connectivity index (χ4n) is 3.34. The summed E-state index contributed by atoms with van der Waals surface area (Å²) in [4.78, 5) is 11.7. The Labute approximate surface area is 127 Å². The molecule has 3 heterocycles. The van der Waals surface area contributed by atoms with Crippen LogP contribution in [0.15, 0.2) is 35.6 Å². The summed E-state index contributed by atoms with van der Waals surface area (Å²) in [7, 11) is 2.08. The van der Waals surface area contributed by atoms with Crippen molar-refractivity contribution in [1.82, 2.24) is 14.5 Å². The number of aliphatic imine (C=N–C) groups is 1. The van der Waals surface area contributed by atoms with Crippen LogP contribution in [0, 0.1) is 0 Å². The molecule has 0 saturated carbocycles. The average Bonchev–Trinajstić information content (AvgIpc) is 3.04. The van der Waals surface area contributed by atoms with Gasteiger partial charge >= 0.3 is 0 Å². The van der Waals surface area contributed by atoms with E-state index in [4.69, 9.17) is 0 Å². The van der Waals surface area contributed by atoms with E-state index in [2.05, 4.69) is 57.6 Å². The van der Waals surface area contributed by atoms with Gasteiger partial charge in [-0.05, 0) is 25.8 Å². The summed E-state index contributed by atoms with van der Waals surface area (Å²) in [6, 6.07) is 6.41. The number of H-pyrrole nitrogens is 1. The second-order valence-corrected chi connectivity index (χ2v) is 5.39. The molecule has 0 aliphatic heterocycles. The molecule has 4 heteroatoms. The van der Waals surface area contributed by atoms with Gasteiger partial charge in [0.05, 0.1) is 34.3 Å². The molecule has 4 nitrogen and oxygen atoms in total. The molecule has 0 bridgehead atoms. The minimum absolute atomic E-state index is 0.992.